The molecule has 2 rings (SSSR count). The number of guanidine groups is 1. The SMILES string of the molecule is CN=C(NCCc1ccc(OC(C)C)cc1)N(C)CCc1ccc(OC)c(OC)c1. The molecular formula is C24H35N3O3. The number of aliphatic imine (C=N–C) groups is 1. The van der Waals surface area contributed by atoms with Crippen molar-refractivity contribution >= 4 is 5.96 Å². The summed E-state index contributed by atoms with van der Waals surface area (Å²) in [7, 11) is 7.17. The molecule has 0 amide bonds. The van der Waals surface area contributed by atoms with Crippen LogP contribution in [0.1, 0.15) is 25.0 Å². The van der Waals surface area contributed by atoms with Crippen molar-refractivity contribution in [3.05, 3.63) is 53.6 Å². The highest BCUT2D eigenvalue weighted by atomic mass is 16.5. The summed E-state index contributed by atoms with van der Waals surface area (Å²) < 4.78 is 16.4. The molecule has 0 saturated carbocycles. The van der Waals surface area contributed by atoms with Gasteiger partial charge in [0, 0.05) is 27.2 Å². The maximum atomic E-state index is 5.70. The number of nitrogens with zero attached hydrogens (tertiary/aromatic N) is 2. The van der Waals surface area contributed by atoms with Gasteiger partial charge in [-0.3, -0.25) is 4.99 Å². The van der Waals surface area contributed by atoms with Gasteiger partial charge >= 0.3 is 0 Å². The number of ether oxygens (including phenoxy) is 3. The molecule has 0 aliphatic carbocycles. The van der Waals surface area contributed by atoms with E-state index in [4.69, 9.17) is 14.2 Å². The summed E-state index contributed by atoms with van der Waals surface area (Å²) in [6.45, 7) is 5.73. The molecule has 6 nitrogen and oxygen atoms in total. The summed E-state index contributed by atoms with van der Waals surface area (Å²) in [5.74, 6) is 3.29. The molecule has 0 aromatic heterocycles. The van der Waals surface area contributed by atoms with Crippen molar-refractivity contribution in [1.82, 2.24) is 10.2 Å². The molecule has 6 heteroatoms. The third-order valence-corrected chi connectivity index (χ3v) is 4.75. The van der Waals surface area contributed by atoms with Crippen LogP contribution in [0.5, 0.6) is 17.2 Å². The molecule has 0 spiro atoms. The molecule has 2 aromatic rings. The smallest absolute Gasteiger partial charge is 0.193 e. The van der Waals surface area contributed by atoms with E-state index in [2.05, 4.69) is 33.4 Å². The third-order valence-electron chi connectivity index (χ3n) is 4.75. The molecule has 164 valence electrons. The quantitative estimate of drug-likeness (QED) is 0.474. The van der Waals surface area contributed by atoms with E-state index in [1.165, 1.54) is 11.1 Å². The molecule has 1 N–H and O–H groups in total. The van der Waals surface area contributed by atoms with Gasteiger partial charge in [0.2, 0.25) is 0 Å². The number of hydrogen-bond acceptors (Lipinski definition) is 4. The van der Waals surface area contributed by atoms with Crippen LogP contribution >= 0.6 is 0 Å². The summed E-state index contributed by atoms with van der Waals surface area (Å²) >= 11 is 0. The monoisotopic (exact) mass is 413 g/mol. The Hall–Kier alpha value is -2.89. The van der Waals surface area contributed by atoms with Crippen LogP contribution < -0.4 is 19.5 Å². The first-order valence-electron chi connectivity index (χ1n) is 10.3. The van der Waals surface area contributed by atoms with Gasteiger partial charge in [-0.15, -0.1) is 0 Å². The second kappa shape index (κ2) is 12.0. The number of nitrogens with one attached hydrogen (secondary N) is 1. The second-order valence-corrected chi connectivity index (χ2v) is 7.40. The lowest BCUT2D eigenvalue weighted by Gasteiger charge is -2.22. The lowest BCUT2D eigenvalue weighted by molar-refractivity contribution is 0.242. The maximum absolute atomic E-state index is 5.70. The van der Waals surface area contributed by atoms with Crippen LogP contribution in [0.25, 0.3) is 0 Å². The van der Waals surface area contributed by atoms with Crippen LogP contribution in [0.15, 0.2) is 47.5 Å². The Balaban J connectivity index is 1.81. The molecule has 0 saturated heterocycles. The molecule has 2 aromatic carbocycles. The standard InChI is InChI=1S/C24H35N3O3/c1-18(2)30-21-10-7-19(8-11-21)13-15-26-24(25-3)27(4)16-14-20-9-12-22(28-5)23(17-20)29-6/h7-12,17-18H,13-16H2,1-6H3,(H,25,26). The Morgan fingerprint density at radius 2 is 1.63 bits per heavy atom. The van der Waals surface area contributed by atoms with Gasteiger partial charge in [-0.2, -0.15) is 0 Å². The lowest BCUT2D eigenvalue weighted by atomic mass is 10.1. The molecule has 0 atom stereocenters. The summed E-state index contributed by atoms with van der Waals surface area (Å²) in [6, 6.07) is 14.3. The van der Waals surface area contributed by atoms with Gasteiger partial charge in [0.25, 0.3) is 0 Å². The van der Waals surface area contributed by atoms with Crippen LogP contribution in [0.4, 0.5) is 0 Å². The normalized spacial score (nSPS) is 11.4. The highest BCUT2D eigenvalue weighted by molar-refractivity contribution is 5.79. The zero-order valence-corrected chi connectivity index (χ0v) is 19.1. The minimum absolute atomic E-state index is 0.190. The summed E-state index contributed by atoms with van der Waals surface area (Å²) in [6.07, 6.45) is 2.00. The van der Waals surface area contributed by atoms with E-state index in [0.717, 1.165) is 49.1 Å². The van der Waals surface area contributed by atoms with Crippen LogP contribution in [0.2, 0.25) is 0 Å². The fourth-order valence-electron chi connectivity index (χ4n) is 3.15. The number of likely N-dealkylation sites (N-methyl/N-ethyl adjacent to an activating group) is 1. The Kier molecular flexibility index (Phi) is 9.32. The van der Waals surface area contributed by atoms with E-state index >= 15 is 0 Å². The van der Waals surface area contributed by atoms with E-state index < -0.39 is 0 Å². The minimum atomic E-state index is 0.190. The van der Waals surface area contributed by atoms with Crippen molar-refractivity contribution in [3.63, 3.8) is 0 Å². The van der Waals surface area contributed by atoms with E-state index in [-0.39, 0.29) is 6.10 Å². The lowest BCUT2D eigenvalue weighted by Crippen LogP contribution is -2.40. The fraction of sp³-hybridized carbons (Fsp3) is 0.458. The Bertz CT molecular complexity index is 804. The first-order chi connectivity index (χ1) is 14.5. The summed E-state index contributed by atoms with van der Waals surface area (Å²) in [5, 5.41) is 3.44. The molecule has 0 aliphatic rings. The van der Waals surface area contributed by atoms with Crippen LogP contribution in [-0.2, 0) is 12.8 Å². The molecule has 0 heterocycles. The molecule has 0 aliphatic heterocycles. The van der Waals surface area contributed by atoms with Crippen molar-refractivity contribution < 1.29 is 14.2 Å². The van der Waals surface area contributed by atoms with Crippen molar-refractivity contribution in [1.29, 1.82) is 0 Å². The molecule has 30 heavy (non-hydrogen) atoms. The van der Waals surface area contributed by atoms with Crippen molar-refractivity contribution in [2.75, 3.05) is 41.4 Å². The molecule has 0 fully saturated rings. The number of benzene rings is 2. The second-order valence-electron chi connectivity index (χ2n) is 7.40. The Morgan fingerprint density at radius 1 is 0.967 bits per heavy atom. The molecule has 0 radical (unpaired) electrons. The van der Waals surface area contributed by atoms with E-state index in [1.807, 2.05) is 52.2 Å². The zero-order valence-electron chi connectivity index (χ0n) is 19.1. The van der Waals surface area contributed by atoms with Crippen LogP contribution in [-0.4, -0.2) is 58.4 Å². The highest BCUT2D eigenvalue weighted by Crippen LogP contribution is 2.27. The molecule has 0 bridgehead atoms. The van der Waals surface area contributed by atoms with Gasteiger partial charge in [-0.05, 0) is 62.1 Å². The van der Waals surface area contributed by atoms with Gasteiger partial charge in [-0.25, -0.2) is 0 Å². The molecule has 0 unspecified atom stereocenters. The average molecular weight is 414 g/mol. The first-order valence-corrected chi connectivity index (χ1v) is 10.3. The predicted octanol–water partition coefficient (Wildman–Crippen LogP) is 3.78. The van der Waals surface area contributed by atoms with E-state index in [0.29, 0.717) is 0 Å². The first kappa shape index (κ1) is 23.4. The van der Waals surface area contributed by atoms with Crippen molar-refractivity contribution in [2.45, 2.75) is 32.8 Å². The Morgan fingerprint density at radius 3 is 2.23 bits per heavy atom. The number of methoxy groups -OCH3 is 2. The summed E-state index contributed by atoms with van der Waals surface area (Å²) in [4.78, 5) is 6.54. The van der Waals surface area contributed by atoms with Crippen LogP contribution in [0.3, 0.4) is 0 Å². The maximum Gasteiger partial charge on any atom is 0.193 e. The molecular weight excluding hydrogens is 378 g/mol. The highest BCUT2D eigenvalue weighted by Gasteiger charge is 2.08. The largest absolute Gasteiger partial charge is 0.493 e. The third kappa shape index (κ3) is 7.17. The van der Waals surface area contributed by atoms with E-state index in [9.17, 15) is 0 Å². The number of hydrogen-bond donors (Lipinski definition) is 1. The van der Waals surface area contributed by atoms with Gasteiger partial charge < -0.3 is 24.4 Å². The van der Waals surface area contributed by atoms with Crippen LogP contribution in [0, 0.1) is 0 Å². The fourth-order valence-corrected chi connectivity index (χ4v) is 3.15. The predicted molar refractivity (Wildman–Crippen MR) is 123 cm³/mol. The van der Waals surface area contributed by atoms with Crippen molar-refractivity contribution in [3.8, 4) is 17.2 Å². The van der Waals surface area contributed by atoms with E-state index in [1.54, 1.807) is 14.2 Å². The Labute approximate surface area is 180 Å². The number of rotatable bonds is 10. The summed E-state index contributed by atoms with van der Waals surface area (Å²) in [5.41, 5.74) is 2.46. The topological polar surface area (TPSA) is 55.3 Å². The zero-order chi connectivity index (χ0) is 21.9. The van der Waals surface area contributed by atoms with Gasteiger partial charge in [0.15, 0.2) is 17.5 Å². The van der Waals surface area contributed by atoms with Gasteiger partial charge in [-0.1, -0.05) is 18.2 Å². The van der Waals surface area contributed by atoms with Gasteiger partial charge in [0.1, 0.15) is 5.75 Å². The average Bonchev–Trinajstić information content (AvgIpc) is 2.75. The van der Waals surface area contributed by atoms with Crippen molar-refractivity contribution in [2.24, 2.45) is 4.99 Å². The minimum Gasteiger partial charge on any atom is -0.493 e. The van der Waals surface area contributed by atoms with Gasteiger partial charge in [0.05, 0.1) is 20.3 Å².